The van der Waals surface area contributed by atoms with Crippen LogP contribution in [0.5, 0.6) is 5.75 Å². The zero-order valence-corrected chi connectivity index (χ0v) is 10.5. The van der Waals surface area contributed by atoms with Crippen LogP contribution >= 0.6 is 0 Å². The van der Waals surface area contributed by atoms with Gasteiger partial charge in [0.2, 0.25) is 0 Å². The van der Waals surface area contributed by atoms with Gasteiger partial charge in [0.25, 0.3) is 0 Å². The molecule has 2 rings (SSSR count). The third-order valence-corrected chi connectivity index (χ3v) is 2.72. The Morgan fingerprint density at radius 3 is 2.85 bits per heavy atom. The lowest BCUT2D eigenvalue weighted by Crippen LogP contribution is -2.09. The summed E-state index contributed by atoms with van der Waals surface area (Å²) in [5, 5.41) is 23.7. The highest BCUT2D eigenvalue weighted by Crippen LogP contribution is 2.26. The fourth-order valence-corrected chi connectivity index (χ4v) is 1.69. The maximum atomic E-state index is 11.0. The second-order valence-corrected chi connectivity index (χ2v) is 3.95. The van der Waals surface area contributed by atoms with Crippen molar-refractivity contribution in [2.45, 2.75) is 6.61 Å². The molecule has 0 aliphatic rings. The Morgan fingerprint density at radius 2 is 2.20 bits per heavy atom. The first-order valence-corrected chi connectivity index (χ1v) is 5.61. The SMILES string of the molecule is Cn1ncc(C(=O)O)c1COc1ccccc1[N+](=O)[O-]. The third kappa shape index (κ3) is 2.58. The number of ether oxygens (including phenoxy) is 1. The monoisotopic (exact) mass is 277 g/mol. The topological polar surface area (TPSA) is 107 Å². The largest absolute Gasteiger partial charge is 0.480 e. The Labute approximate surface area is 113 Å². The van der Waals surface area contributed by atoms with Crippen molar-refractivity contribution >= 4 is 11.7 Å². The van der Waals surface area contributed by atoms with E-state index in [2.05, 4.69) is 5.10 Å². The molecule has 0 fully saturated rings. The summed E-state index contributed by atoms with van der Waals surface area (Å²) in [4.78, 5) is 21.3. The van der Waals surface area contributed by atoms with Crippen LogP contribution in [0, 0.1) is 10.1 Å². The van der Waals surface area contributed by atoms with Crippen LogP contribution in [0.15, 0.2) is 30.5 Å². The number of para-hydroxylation sites is 2. The maximum absolute atomic E-state index is 11.0. The number of hydrogen-bond acceptors (Lipinski definition) is 5. The van der Waals surface area contributed by atoms with Gasteiger partial charge in [-0.15, -0.1) is 0 Å². The normalized spacial score (nSPS) is 10.2. The van der Waals surface area contributed by atoms with Gasteiger partial charge in [0.1, 0.15) is 12.2 Å². The van der Waals surface area contributed by atoms with E-state index in [1.54, 1.807) is 13.1 Å². The summed E-state index contributed by atoms with van der Waals surface area (Å²) in [7, 11) is 1.57. The van der Waals surface area contributed by atoms with E-state index in [0.29, 0.717) is 5.69 Å². The number of carbonyl (C=O) groups is 1. The fourth-order valence-electron chi connectivity index (χ4n) is 1.69. The summed E-state index contributed by atoms with van der Waals surface area (Å²) in [6.07, 6.45) is 1.21. The number of nitro benzene ring substituents is 1. The number of hydrogen-bond donors (Lipinski definition) is 1. The molecule has 0 unspecified atom stereocenters. The number of aromatic carboxylic acids is 1. The lowest BCUT2D eigenvalue weighted by molar-refractivity contribution is -0.385. The van der Waals surface area contributed by atoms with E-state index in [4.69, 9.17) is 9.84 Å². The van der Waals surface area contributed by atoms with E-state index in [1.165, 1.54) is 29.1 Å². The summed E-state index contributed by atoms with van der Waals surface area (Å²) in [5.41, 5.74) is 0.160. The molecule has 0 saturated carbocycles. The average Bonchev–Trinajstić information content (AvgIpc) is 2.78. The highest BCUT2D eigenvalue weighted by Gasteiger charge is 2.18. The minimum atomic E-state index is -1.13. The lowest BCUT2D eigenvalue weighted by atomic mass is 10.2. The van der Waals surface area contributed by atoms with Crippen LogP contribution in [0.3, 0.4) is 0 Å². The molecule has 0 bridgehead atoms. The van der Waals surface area contributed by atoms with Crippen LogP contribution in [0.4, 0.5) is 5.69 Å². The molecule has 0 atom stereocenters. The minimum absolute atomic E-state index is 0.00563. The molecule has 0 aliphatic carbocycles. The fraction of sp³-hybridized carbons (Fsp3) is 0.167. The van der Waals surface area contributed by atoms with Crippen molar-refractivity contribution in [1.29, 1.82) is 0 Å². The molecule has 0 radical (unpaired) electrons. The molecule has 20 heavy (non-hydrogen) atoms. The Balaban J connectivity index is 2.24. The van der Waals surface area contributed by atoms with Gasteiger partial charge in [-0.25, -0.2) is 4.79 Å². The molecule has 0 saturated heterocycles. The molecule has 0 aliphatic heterocycles. The second kappa shape index (κ2) is 5.39. The molecule has 1 aromatic heterocycles. The predicted molar refractivity (Wildman–Crippen MR) is 67.6 cm³/mol. The number of rotatable bonds is 5. The molecule has 0 amide bonds. The number of carboxylic acids is 1. The van der Waals surface area contributed by atoms with Gasteiger partial charge in [-0.1, -0.05) is 12.1 Å². The molecule has 1 N–H and O–H groups in total. The van der Waals surface area contributed by atoms with Gasteiger partial charge < -0.3 is 9.84 Å². The van der Waals surface area contributed by atoms with Gasteiger partial charge in [-0.2, -0.15) is 5.10 Å². The van der Waals surface area contributed by atoms with Crippen molar-refractivity contribution in [3.05, 3.63) is 51.8 Å². The smallest absolute Gasteiger partial charge is 0.339 e. The zero-order valence-electron chi connectivity index (χ0n) is 10.5. The van der Waals surface area contributed by atoms with Gasteiger partial charge in [0.15, 0.2) is 5.75 Å². The Hall–Kier alpha value is -2.90. The molecule has 8 nitrogen and oxygen atoms in total. The van der Waals surface area contributed by atoms with Crippen molar-refractivity contribution in [1.82, 2.24) is 9.78 Å². The van der Waals surface area contributed by atoms with E-state index in [1.807, 2.05) is 0 Å². The molecule has 2 aromatic rings. The van der Waals surface area contributed by atoms with Crippen LogP contribution < -0.4 is 4.74 Å². The second-order valence-electron chi connectivity index (χ2n) is 3.95. The van der Waals surface area contributed by atoms with Crippen LogP contribution in [0.1, 0.15) is 16.1 Å². The van der Waals surface area contributed by atoms with Crippen molar-refractivity contribution in [3.8, 4) is 5.75 Å². The van der Waals surface area contributed by atoms with Gasteiger partial charge in [-0.05, 0) is 6.07 Å². The molecule has 104 valence electrons. The van der Waals surface area contributed by atoms with Crippen molar-refractivity contribution in [3.63, 3.8) is 0 Å². The summed E-state index contributed by atoms with van der Waals surface area (Å²) < 4.78 is 6.71. The average molecular weight is 277 g/mol. The molecule has 0 spiro atoms. The maximum Gasteiger partial charge on any atom is 0.339 e. The molecular formula is C12H11N3O5. The van der Waals surface area contributed by atoms with Crippen LogP contribution in [-0.2, 0) is 13.7 Å². The number of benzene rings is 1. The Kier molecular flexibility index (Phi) is 3.65. The van der Waals surface area contributed by atoms with E-state index in [0.717, 1.165) is 0 Å². The van der Waals surface area contributed by atoms with Gasteiger partial charge >= 0.3 is 11.7 Å². The molecule has 1 heterocycles. The highest BCUT2D eigenvalue weighted by molar-refractivity contribution is 5.88. The van der Waals surface area contributed by atoms with Crippen LogP contribution in [-0.4, -0.2) is 25.8 Å². The number of aryl methyl sites for hydroxylation is 1. The molecule has 1 aromatic carbocycles. The van der Waals surface area contributed by atoms with E-state index in [9.17, 15) is 14.9 Å². The van der Waals surface area contributed by atoms with Gasteiger partial charge in [-0.3, -0.25) is 14.8 Å². The number of nitro groups is 1. The van der Waals surface area contributed by atoms with Crippen molar-refractivity contribution in [2.24, 2.45) is 7.05 Å². The highest BCUT2D eigenvalue weighted by atomic mass is 16.6. The Morgan fingerprint density at radius 1 is 1.50 bits per heavy atom. The van der Waals surface area contributed by atoms with Crippen LogP contribution in [0.25, 0.3) is 0 Å². The first-order valence-electron chi connectivity index (χ1n) is 5.61. The van der Waals surface area contributed by atoms with Crippen molar-refractivity contribution < 1.29 is 19.6 Å². The Bertz CT molecular complexity index is 665. The van der Waals surface area contributed by atoms with E-state index < -0.39 is 10.9 Å². The lowest BCUT2D eigenvalue weighted by Gasteiger charge is -2.07. The molecule has 8 heteroatoms. The number of carboxylic acid groups (broad SMARTS) is 1. The third-order valence-electron chi connectivity index (χ3n) is 2.72. The quantitative estimate of drug-likeness (QED) is 0.657. The van der Waals surface area contributed by atoms with Crippen molar-refractivity contribution in [2.75, 3.05) is 0 Å². The van der Waals surface area contributed by atoms with Crippen LogP contribution in [0.2, 0.25) is 0 Å². The summed E-state index contributed by atoms with van der Waals surface area (Å²) in [6, 6.07) is 5.90. The summed E-state index contributed by atoms with van der Waals surface area (Å²) in [5.74, 6) is -1.05. The summed E-state index contributed by atoms with van der Waals surface area (Å²) in [6.45, 7) is -0.122. The van der Waals surface area contributed by atoms with E-state index >= 15 is 0 Å². The standard InChI is InChI=1S/C12H11N3O5/c1-14-10(8(6-13-14)12(16)17)7-20-11-5-3-2-4-9(11)15(18)19/h2-6H,7H2,1H3,(H,16,17). The summed E-state index contributed by atoms with van der Waals surface area (Å²) >= 11 is 0. The van der Waals surface area contributed by atoms with Gasteiger partial charge in [0, 0.05) is 13.1 Å². The first kappa shape index (κ1) is 13.5. The first-order chi connectivity index (χ1) is 9.50. The zero-order chi connectivity index (χ0) is 14.7. The number of aromatic nitrogens is 2. The van der Waals surface area contributed by atoms with Gasteiger partial charge in [0.05, 0.1) is 16.8 Å². The number of nitrogens with zero attached hydrogens (tertiary/aromatic N) is 3. The minimum Gasteiger partial charge on any atom is -0.480 e. The predicted octanol–water partition coefficient (Wildman–Crippen LogP) is 1.61. The molecular weight excluding hydrogens is 266 g/mol. The van der Waals surface area contributed by atoms with E-state index in [-0.39, 0.29) is 23.6 Å².